The van der Waals surface area contributed by atoms with E-state index >= 15 is 0 Å². The van der Waals surface area contributed by atoms with E-state index < -0.39 is 0 Å². The summed E-state index contributed by atoms with van der Waals surface area (Å²) in [7, 11) is 1.84. The van der Waals surface area contributed by atoms with Gasteiger partial charge in [0, 0.05) is 23.8 Å². The van der Waals surface area contributed by atoms with Crippen LogP contribution in [-0.4, -0.2) is 15.7 Å². The second-order valence-electron chi connectivity index (χ2n) is 4.48. The van der Waals surface area contributed by atoms with Crippen LogP contribution in [0, 0.1) is 13.8 Å². The summed E-state index contributed by atoms with van der Waals surface area (Å²) < 4.78 is 2.76. The third-order valence-electron chi connectivity index (χ3n) is 3.10. The van der Waals surface area contributed by atoms with Crippen molar-refractivity contribution in [1.82, 2.24) is 15.1 Å². The van der Waals surface area contributed by atoms with Crippen molar-refractivity contribution in [3.05, 3.63) is 51.3 Å². The molecule has 0 spiro atoms. The molecule has 5 heteroatoms. The van der Waals surface area contributed by atoms with Gasteiger partial charge >= 0.3 is 0 Å². The molecule has 0 atom stereocenters. The first kappa shape index (κ1) is 13.8. The van der Waals surface area contributed by atoms with Gasteiger partial charge in [-0.05, 0) is 31.5 Å². The van der Waals surface area contributed by atoms with Gasteiger partial charge in [0.05, 0.1) is 11.3 Å². The van der Waals surface area contributed by atoms with E-state index in [1.807, 2.05) is 45.2 Å². The summed E-state index contributed by atoms with van der Waals surface area (Å²) in [6.07, 6.45) is 0. The fourth-order valence-electron chi connectivity index (χ4n) is 1.98. The molecule has 1 N–H and O–H groups in total. The molecule has 0 aliphatic heterocycles. The lowest BCUT2D eigenvalue weighted by Crippen LogP contribution is -2.24. The zero-order valence-corrected chi connectivity index (χ0v) is 12.8. The van der Waals surface area contributed by atoms with Crippen molar-refractivity contribution in [3.63, 3.8) is 0 Å². The van der Waals surface area contributed by atoms with Gasteiger partial charge in [0.2, 0.25) is 0 Å². The molecule has 1 aromatic heterocycles. The largest absolute Gasteiger partial charge is 0.348 e. The minimum absolute atomic E-state index is 0.0778. The Bertz CT molecular complexity index is 602. The van der Waals surface area contributed by atoms with Crippen molar-refractivity contribution in [3.8, 4) is 0 Å². The molecule has 0 saturated carbocycles. The normalized spacial score (nSPS) is 10.5. The minimum Gasteiger partial charge on any atom is -0.348 e. The Labute approximate surface area is 120 Å². The summed E-state index contributed by atoms with van der Waals surface area (Å²) in [6, 6.07) is 7.88. The molecule has 2 aromatic rings. The molecule has 1 heterocycles. The molecule has 0 saturated heterocycles. The van der Waals surface area contributed by atoms with E-state index in [0.717, 1.165) is 21.4 Å². The fourth-order valence-corrected chi connectivity index (χ4v) is 2.24. The van der Waals surface area contributed by atoms with E-state index in [4.69, 9.17) is 0 Å². The van der Waals surface area contributed by atoms with Crippen molar-refractivity contribution in [1.29, 1.82) is 0 Å². The van der Waals surface area contributed by atoms with E-state index in [1.54, 1.807) is 4.68 Å². The van der Waals surface area contributed by atoms with Crippen LogP contribution in [0.3, 0.4) is 0 Å². The quantitative estimate of drug-likeness (QED) is 0.944. The topological polar surface area (TPSA) is 46.9 Å². The van der Waals surface area contributed by atoms with E-state index in [9.17, 15) is 4.79 Å². The third kappa shape index (κ3) is 3.04. The highest BCUT2D eigenvalue weighted by molar-refractivity contribution is 9.10. The number of nitrogens with zero attached hydrogens (tertiary/aromatic N) is 2. The van der Waals surface area contributed by atoms with Crippen LogP contribution < -0.4 is 5.32 Å². The lowest BCUT2D eigenvalue weighted by Gasteiger charge is -2.06. The van der Waals surface area contributed by atoms with Gasteiger partial charge in [0.25, 0.3) is 5.91 Å². The van der Waals surface area contributed by atoms with Gasteiger partial charge in [0.15, 0.2) is 0 Å². The summed E-state index contributed by atoms with van der Waals surface area (Å²) in [5.41, 5.74) is 3.37. The van der Waals surface area contributed by atoms with Gasteiger partial charge < -0.3 is 5.32 Å². The number of carbonyl (C=O) groups is 1. The van der Waals surface area contributed by atoms with Gasteiger partial charge in [-0.3, -0.25) is 9.48 Å². The highest BCUT2D eigenvalue weighted by atomic mass is 79.9. The van der Waals surface area contributed by atoms with Crippen LogP contribution in [0.25, 0.3) is 0 Å². The highest BCUT2D eigenvalue weighted by Crippen LogP contribution is 2.13. The molecule has 0 bridgehead atoms. The van der Waals surface area contributed by atoms with Gasteiger partial charge in [-0.2, -0.15) is 5.10 Å². The molecule has 0 radical (unpaired) electrons. The number of nitrogens with one attached hydrogen (secondary N) is 1. The van der Waals surface area contributed by atoms with Gasteiger partial charge in [-0.25, -0.2) is 0 Å². The molecular formula is C14H16BrN3O. The summed E-state index contributed by atoms with van der Waals surface area (Å²) >= 11 is 3.39. The number of benzene rings is 1. The second kappa shape index (κ2) is 5.57. The second-order valence-corrected chi connectivity index (χ2v) is 5.39. The molecular weight excluding hydrogens is 306 g/mol. The molecule has 0 aliphatic rings. The highest BCUT2D eigenvalue weighted by Gasteiger charge is 2.16. The average molecular weight is 322 g/mol. The number of aryl methyl sites for hydroxylation is 2. The van der Waals surface area contributed by atoms with Crippen LogP contribution in [-0.2, 0) is 13.6 Å². The van der Waals surface area contributed by atoms with E-state index in [-0.39, 0.29) is 5.91 Å². The predicted molar refractivity (Wildman–Crippen MR) is 78.0 cm³/mol. The number of hydrogen-bond acceptors (Lipinski definition) is 2. The van der Waals surface area contributed by atoms with Crippen LogP contribution in [0.5, 0.6) is 0 Å². The molecule has 0 aliphatic carbocycles. The molecule has 19 heavy (non-hydrogen) atoms. The Balaban J connectivity index is 2.07. The van der Waals surface area contributed by atoms with Gasteiger partial charge in [-0.1, -0.05) is 28.1 Å². The summed E-state index contributed by atoms with van der Waals surface area (Å²) in [5.74, 6) is -0.0778. The number of carbonyl (C=O) groups excluding carboxylic acids is 1. The van der Waals surface area contributed by atoms with Crippen LogP contribution in [0.1, 0.15) is 27.3 Å². The molecule has 0 fully saturated rings. The maximum atomic E-state index is 12.2. The maximum Gasteiger partial charge on any atom is 0.255 e. The smallest absolute Gasteiger partial charge is 0.255 e. The van der Waals surface area contributed by atoms with Crippen LogP contribution in [0.2, 0.25) is 0 Å². The molecule has 4 nitrogen and oxygen atoms in total. The van der Waals surface area contributed by atoms with Crippen molar-refractivity contribution in [2.45, 2.75) is 20.4 Å². The minimum atomic E-state index is -0.0778. The first-order chi connectivity index (χ1) is 8.99. The Morgan fingerprint density at radius 3 is 2.47 bits per heavy atom. The average Bonchev–Trinajstić information content (AvgIpc) is 2.62. The van der Waals surface area contributed by atoms with Gasteiger partial charge in [0.1, 0.15) is 0 Å². The monoisotopic (exact) mass is 321 g/mol. The Hall–Kier alpha value is -1.62. The summed E-state index contributed by atoms with van der Waals surface area (Å²) in [5, 5.41) is 7.17. The lowest BCUT2D eigenvalue weighted by molar-refractivity contribution is 0.0949. The Morgan fingerprint density at radius 2 is 1.95 bits per heavy atom. The molecule has 100 valence electrons. The van der Waals surface area contributed by atoms with Crippen LogP contribution in [0.4, 0.5) is 0 Å². The SMILES string of the molecule is Cc1nn(C)c(C)c1C(=O)NCc1ccc(Br)cc1. The van der Waals surface area contributed by atoms with Gasteiger partial charge in [-0.15, -0.1) is 0 Å². The number of amides is 1. The fraction of sp³-hybridized carbons (Fsp3) is 0.286. The van der Waals surface area contributed by atoms with Crippen LogP contribution >= 0.6 is 15.9 Å². The standard InChI is InChI=1S/C14H16BrN3O/c1-9-13(10(2)18(3)17-9)14(19)16-8-11-4-6-12(15)7-5-11/h4-7H,8H2,1-3H3,(H,16,19). The first-order valence-electron chi connectivity index (χ1n) is 6.02. The first-order valence-corrected chi connectivity index (χ1v) is 6.81. The summed E-state index contributed by atoms with van der Waals surface area (Å²) in [6.45, 7) is 4.26. The van der Waals surface area contributed by atoms with Crippen molar-refractivity contribution >= 4 is 21.8 Å². The number of aromatic nitrogens is 2. The predicted octanol–water partition coefficient (Wildman–Crippen LogP) is 2.73. The Morgan fingerprint density at radius 1 is 1.32 bits per heavy atom. The Kier molecular flexibility index (Phi) is 4.04. The van der Waals surface area contributed by atoms with Crippen molar-refractivity contribution in [2.24, 2.45) is 7.05 Å². The number of halogens is 1. The zero-order chi connectivity index (χ0) is 14.0. The zero-order valence-electron chi connectivity index (χ0n) is 11.2. The van der Waals surface area contributed by atoms with E-state index in [1.165, 1.54) is 0 Å². The lowest BCUT2D eigenvalue weighted by atomic mass is 10.1. The van der Waals surface area contributed by atoms with E-state index in [2.05, 4.69) is 26.3 Å². The van der Waals surface area contributed by atoms with Crippen molar-refractivity contribution in [2.75, 3.05) is 0 Å². The third-order valence-corrected chi connectivity index (χ3v) is 3.63. The molecule has 2 rings (SSSR count). The molecule has 1 amide bonds. The molecule has 1 aromatic carbocycles. The number of rotatable bonds is 3. The number of hydrogen-bond donors (Lipinski definition) is 1. The van der Waals surface area contributed by atoms with E-state index in [0.29, 0.717) is 12.1 Å². The van der Waals surface area contributed by atoms with Crippen molar-refractivity contribution < 1.29 is 4.79 Å². The van der Waals surface area contributed by atoms with Crippen LogP contribution in [0.15, 0.2) is 28.7 Å². The molecule has 0 unspecified atom stereocenters. The summed E-state index contributed by atoms with van der Waals surface area (Å²) in [4.78, 5) is 12.2. The maximum absolute atomic E-state index is 12.2.